The minimum Gasteiger partial charge on any atom is -0.497 e. The molecule has 180 valence electrons. The van der Waals surface area contributed by atoms with Crippen molar-refractivity contribution >= 4 is 35.1 Å². The van der Waals surface area contributed by atoms with Crippen LogP contribution in [0.1, 0.15) is 19.8 Å². The fraction of sp³-hybridized carbons (Fsp3) is 0.333. The maximum Gasteiger partial charge on any atom is 0.316 e. The van der Waals surface area contributed by atoms with Gasteiger partial charge in [-0.3, -0.25) is 24.1 Å². The average Bonchev–Trinajstić information content (AvgIpc) is 3.38. The van der Waals surface area contributed by atoms with Crippen LogP contribution in [0.15, 0.2) is 60.7 Å². The molecule has 35 heavy (non-hydrogen) atoms. The van der Waals surface area contributed by atoms with Crippen molar-refractivity contribution in [1.29, 1.82) is 0 Å². The number of hydrogen-bond donors (Lipinski definition) is 0. The lowest BCUT2D eigenvalue weighted by molar-refractivity contribution is -0.139. The molecule has 2 aliphatic heterocycles. The van der Waals surface area contributed by atoms with E-state index < -0.39 is 11.9 Å². The lowest BCUT2D eigenvalue weighted by atomic mass is 9.78. The first-order valence-corrected chi connectivity index (χ1v) is 11.7. The van der Waals surface area contributed by atoms with Gasteiger partial charge in [0.05, 0.1) is 30.6 Å². The molecule has 0 spiro atoms. The van der Waals surface area contributed by atoms with E-state index >= 15 is 0 Å². The van der Waals surface area contributed by atoms with Gasteiger partial charge in [-0.25, -0.2) is 0 Å². The summed E-state index contributed by atoms with van der Waals surface area (Å²) in [6.07, 6.45) is 4.58. The van der Waals surface area contributed by atoms with E-state index in [9.17, 15) is 19.2 Å². The summed E-state index contributed by atoms with van der Waals surface area (Å²) in [6.45, 7) is 2.17. The van der Waals surface area contributed by atoms with Gasteiger partial charge in [0.15, 0.2) is 0 Å². The molecule has 8 nitrogen and oxygen atoms in total. The van der Waals surface area contributed by atoms with Gasteiger partial charge < -0.3 is 14.4 Å². The monoisotopic (exact) mass is 474 g/mol. The van der Waals surface area contributed by atoms with Crippen LogP contribution in [0.4, 0.5) is 11.4 Å². The first-order chi connectivity index (χ1) is 16.9. The van der Waals surface area contributed by atoms with Crippen LogP contribution in [-0.4, -0.2) is 37.3 Å². The van der Waals surface area contributed by atoms with Gasteiger partial charge in [0.1, 0.15) is 11.5 Å². The topological polar surface area (TPSA) is 93.2 Å². The summed E-state index contributed by atoms with van der Waals surface area (Å²) in [5.74, 6) is -1.38. The second-order valence-electron chi connectivity index (χ2n) is 9.19. The number of nitrogens with zero attached hydrogens (tertiary/aromatic N) is 2. The molecule has 4 atom stereocenters. The minimum atomic E-state index is -0.604. The SMILES string of the molecule is COc1cccc(N2C[C@@H](C(=O)Oc3ccc(N4C(=O)[C@H]5[C@H](C)C=CC[C@@H]5C4=O)cc3)CC2=O)c1. The van der Waals surface area contributed by atoms with E-state index in [4.69, 9.17) is 9.47 Å². The number of fused-ring (bicyclic) bond motifs is 1. The highest BCUT2D eigenvalue weighted by atomic mass is 16.5. The molecule has 2 aromatic carbocycles. The standard InChI is InChI=1S/C27H26N2O6/c1-16-5-3-8-22-24(16)26(32)29(25(22)31)18-9-11-20(12-10-18)35-27(33)17-13-23(30)28(15-17)19-6-4-7-21(14-19)34-2/h3-7,9-12,14,16-17,22,24H,8,13,15H2,1-2H3/t16-,17+,22+,24+/m1/s1. The zero-order valence-electron chi connectivity index (χ0n) is 19.5. The van der Waals surface area contributed by atoms with Crippen LogP contribution < -0.4 is 19.3 Å². The second kappa shape index (κ2) is 9.02. The van der Waals surface area contributed by atoms with Crippen LogP contribution in [0.2, 0.25) is 0 Å². The molecular formula is C27H26N2O6. The van der Waals surface area contributed by atoms with E-state index in [1.807, 2.05) is 19.1 Å². The number of esters is 1. The Morgan fingerprint density at radius 1 is 0.971 bits per heavy atom. The summed E-state index contributed by atoms with van der Waals surface area (Å²) in [7, 11) is 1.55. The molecule has 1 aliphatic carbocycles. The van der Waals surface area contributed by atoms with E-state index in [1.54, 1.807) is 60.5 Å². The van der Waals surface area contributed by atoms with Crippen LogP contribution in [0.25, 0.3) is 0 Å². The largest absolute Gasteiger partial charge is 0.497 e. The third-order valence-electron chi connectivity index (χ3n) is 7.01. The Balaban J connectivity index is 1.25. The fourth-order valence-electron chi connectivity index (χ4n) is 5.16. The fourth-order valence-corrected chi connectivity index (χ4v) is 5.16. The number of methoxy groups -OCH3 is 1. The Bertz CT molecular complexity index is 1220. The van der Waals surface area contributed by atoms with Crippen molar-refractivity contribution in [3.05, 3.63) is 60.7 Å². The van der Waals surface area contributed by atoms with E-state index in [-0.39, 0.29) is 54.2 Å². The lowest BCUT2D eigenvalue weighted by Gasteiger charge is -2.22. The summed E-state index contributed by atoms with van der Waals surface area (Å²) >= 11 is 0. The number of amides is 3. The molecule has 0 N–H and O–H groups in total. The van der Waals surface area contributed by atoms with Crippen molar-refractivity contribution in [3.63, 3.8) is 0 Å². The highest BCUT2D eigenvalue weighted by Gasteiger charge is 2.50. The van der Waals surface area contributed by atoms with Crippen LogP contribution >= 0.6 is 0 Å². The van der Waals surface area contributed by atoms with Gasteiger partial charge in [-0.2, -0.15) is 0 Å². The van der Waals surface area contributed by atoms with Gasteiger partial charge in [0, 0.05) is 24.7 Å². The van der Waals surface area contributed by atoms with Crippen LogP contribution in [-0.2, 0) is 19.2 Å². The molecule has 0 aromatic heterocycles. The zero-order chi connectivity index (χ0) is 24.7. The second-order valence-corrected chi connectivity index (χ2v) is 9.19. The van der Waals surface area contributed by atoms with Crippen LogP contribution in [0.5, 0.6) is 11.5 Å². The number of imide groups is 1. The van der Waals surface area contributed by atoms with Crippen molar-refractivity contribution in [2.45, 2.75) is 19.8 Å². The molecule has 2 aromatic rings. The Morgan fingerprint density at radius 2 is 1.74 bits per heavy atom. The van der Waals surface area contributed by atoms with Crippen molar-refractivity contribution in [3.8, 4) is 11.5 Å². The molecule has 0 unspecified atom stereocenters. The smallest absolute Gasteiger partial charge is 0.316 e. The summed E-state index contributed by atoms with van der Waals surface area (Å²) < 4.78 is 10.7. The summed E-state index contributed by atoms with van der Waals surface area (Å²) in [6, 6.07) is 13.5. The molecule has 0 radical (unpaired) electrons. The molecule has 5 rings (SSSR count). The molecule has 2 saturated heterocycles. The molecule has 0 bridgehead atoms. The van der Waals surface area contributed by atoms with Crippen molar-refractivity contribution < 1.29 is 28.7 Å². The first-order valence-electron chi connectivity index (χ1n) is 11.7. The summed E-state index contributed by atoms with van der Waals surface area (Å²) in [4.78, 5) is 53.9. The van der Waals surface area contributed by atoms with Crippen LogP contribution in [0, 0.1) is 23.7 Å². The van der Waals surface area contributed by atoms with Gasteiger partial charge in [0.25, 0.3) is 0 Å². The minimum absolute atomic E-state index is 0.0149. The number of hydrogen-bond acceptors (Lipinski definition) is 6. The maximum absolute atomic E-state index is 13.0. The van der Waals surface area contributed by atoms with Gasteiger partial charge in [-0.05, 0) is 48.7 Å². The van der Waals surface area contributed by atoms with E-state index in [0.717, 1.165) is 0 Å². The van der Waals surface area contributed by atoms with Crippen LogP contribution in [0.3, 0.4) is 0 Å². The van der Waals surface area contributed by atoms with E-state index in [2.05, 4.69) is 0 Å². The quantitative estimate of drug-likeness (QED) is 0.286. The molecule has 8 heteroatoms. The predicted octanol–water partition coefficient (Wildman–Crippen LogP) is 3.36. The van der Waals surface area contributed by atoms with Crippen molar-refractivity contribution in [2.75, 3.05) is 23.5 Å². The maximum atomic E-state index is 13.0. The molecule has 2 fully saturated rings. The third-order valence-corrected chi connectivity index (χ3v) is 7.01. The Kier molecular flexibility index (Phi) is 5.88. The van der Waals surface area contributed by atoms with Crippen molar-refractivity contribution in [1.82, 2.24) is 0 Å². The highest BCUT2D eigenvalue weighted by molar-refractivity contribution is 6.22. The predicted molar refractivity (Wildman–Crippen MR) is 128 cm³/mol. The normalized spacial score (nSPS) is 25.7. The molecular weight excluding hydrogens is 448 g/mol. The summed E-state index contributed by atoms with van der Waals surface area (Å²) in [5, 5.41) is 0. The summed E-state index contributed by atoms with van der Waals surface area (Å²) in [5.41, 5.74) is 1.13. The molecule has 0 saturated carbocycles. The third kappa shape index (κ3) is 4.09. The zero-order valence-corrected chi connectivity index (χ0v) is 19.5. The number of rotatable bonds is 5. The average molecular weight is 475 g/mol. The number of anilines is 2. The Morgan fingerprint density at radius 3 is 2.46 bits per heavy atom. The number of allylic oxidation sites excluding steroid dienone is 2. The number of ether oxygens (including phenoxy) is 2. The number of benzene rings is 2. The van der Waals surface area contributed by atoms with Gasteiger partial charge in [-0.15, -0.1) is 0 Å². The Hall–Kier alpha value is -3.94. The highest BCUT2D eigenvalue weighted by Crippen LogP contribution is 2.40. The van der Waals surface area contributed by atoms with E-state index in [0.29, 0.717) is 23.5 Å². The van der Waals surface area contributed by atoms with Gasteiger partial charge in [0.2, 0.25) is 17.7 Å². The van der Waals surface area contributed by atoms with Gasteiger partial charge >= 0.3 is 5.97 Å². The number of carbonyl (C=O) groups is 4. The van der Waals surface area contributed by atoms with Gasteiger partial charge in [-0.1, -0.05) is 25.1 Å². The Labute approximate surface area is 203 Å². The lowest BCUT2D eigenvalue weighted by Crippen LogP contribution is -2.31. The first kappa shape index (κ1) is 22.8. The number of carbonyl (C=O) groups excluding carboxylic acids is 4. The molecule has 3 aliphatic rings. The van der Waals surface area contributed by atoms with Crippen molar-refractivity contribution in [2.24, 2.45) is 23.7 Å². The molecule has 3 amide bonds. The molecule has 2 heterocycles. The van der Waals surface area contributed by atoms with E-state index in [1.165, 1.54) is 4.90 Å².